The molecule has 0 spiro atoms. The topological polar surface area (TPSA) is 57.8 Å². The van der Waals surface area contributed by atoms with Gasteiger partial charge >= 0.3 is 0 Å². The van der Waals surface area contributed by atoms with Crippen molar-refractivity contribution >= 4 is 5.82 Å². The average Bonchev–Trinajstić information content (AvgIpc) is 2.39. The molecule has 1 aromatic carbocycles. The van der Waals surface area contributed by atoms with E-state index in [9.17, 15) is 4.79 Å². The van der Waals surface area contributed by atoms with Gasteiger partial charge in [0.15, 0.2) is 0 Å². The lowest BCUT2D eigenvalue weighted by atomic mass is 10.1. The van der Waals surface area contributed by atoms with Crippen LogP contribution in [0.2, 0.25) is 0 Å². The van der Waals surface area contributed by atoms with Gasteiger partial charge in [-0.05, 0) is 25.3 Å². The second kappa shape index (κ2) is 4.88. The van der Waals surface area contributed by atoms with E-state index in [1.807, 2.05) is 6.07 Å². The summed E-state index contributed by atoms with van der Waals surface area (Å²) in [5.41, 5.74) is 3.17. The fourth-order valence-electron chi connectivity index (χ4n) is 2.49. The van der Waals surface area contributed by atoms with E-state index in [4.69, 9.17) is 0 Å². The van der Waals surface area contributed by atoms with Gasteiger partial charge in [0.25, 0.3) is 5.56 Å². The average molecular weight is 255 g/mol. The van der Waals surface area contributed by atoms with Crippen molar-refractivity contribution < 1.29 is 0 Å². The normalized spacial score (nSPS) is 13.7. The van der Waals surface area contributed by atoms with E-state index in [1.54, 1.807) is 0 Å². The van der Waals surface area contributed by atoms with Crippen molar-refractivity contribution in [1.29, 1.82) is 0 Å². The highest BCUT2D eigenvalue weighted by Gasteiger charge is 2.15. The standard InChI is InChI=1S/C15H17N3O/c1-10-4-2-5-11(8-10)9-13-17-14-12(15(19)18-13)6-3-7-16-14/h2,4-5,8H,3,6-7,9H2,1H3,(H2,16,17,18,19). The number of H-pyrrole nitrogens is 1. The van der Waals surface area contributed by atoms with Crippen molar-refractivity contribution in [3.8, 4) is 0 Å². The van der Waals surface area contributed by atoms with Gasteiger partial charge in [0.1, 0.15) is 11.6 Å². The Morgan fingerprint density at radius 3 is 3.11 bits per heavy atom. The number of aromatic amines is 1. The third kappa shape index (κ3) is 2.52. The van der Waals surface area contributed by atoms with Crippen molar-refractivity contribution in [3.63, 3.8) is 0 Å². The molecule has 2 aromatic rings. The number of aromatic nitrogens is 2. The Kier molecular flexibility index (Phi) is 3.07. The van der Waals surface area contributed by atoms with Gasteiger partial charge in [0, 0.05) is 13.0 Å². The number of nitrogens with one attached hydrogen (secondary N) is 2. The van der Waals surface area contributed by atoms with Crippen molar-refractivity contribution in [2.45, 2.75) is 26.2 Å². The molecule has 0 fully saturated rings. The molecular formula is C15H17N3O. The molecule has 2 N–H and O–H groups in total. The highest BCUT2D eigenvalue weighted by Crippen LogP contribution is 2.16. The first kappa shape index (κ1) is 12.0. The van der Waals surface area contributed by atoms with Crippen LogP contribution in [0, 0.1) is 6.92 Å². The summed E-state index contributed by atoms with van der Waals surface area (Å²) in [6, 6.07) is 8.26. The highest BCUT2D eigenvalue weighted by atomic mass is 16.1. The fourth-order valence-corrected chi connectivity index (χ4v) is 2.49. The summed E-state index contributed by atoms with van der Waals surface area (Å²) < 4.78 is 0. The Morgan fingerprint density at radius 2 is 2.26 bits per heavy atom. The Labute approximate surface area is 111 Å². The molecule has 1 aliphatic rings. The molecule has 2 heterocycles. The summed E-state index contributed by atoms with van der Waals surface area (Å²) in [6.45, 7) is 2.96. The van der Waals surface area contributed by atoms with E-state index >= 15 is 0 Å². The zero-order chi connectivity index (χ0) is 13.2. The predicted octanol–water partition coefficient (Wildman–Crippen LogP) is 2.03. The summed E-state index contributed by atoms with van der Waals surface area (Å²) >= 11 is 0. The van der Waals surface area contributed by atoms with Crippen LogP contribution in [0.25, 0.3) is 0 Å². The van der Waals surface area contributed by atoms with Gasteiger partial charge in [-0.2, -0.15) is 0 Å². The monoisotopic (exact) mass is 255 g/mol. The third-order valence-electron chi connectivity index (χ3n) is 3.41. The summed E-state index contributed by atoms with van der Waals surface area (Å²) in [5, 5.41) is 3.21. The minimum atomic E-state index is -0.000136. The van der Waals surface area contributed by atoms with Gasteiger partial charge in [0.2, 0.25) is 0 Å². The predicted molar refractivity (Wildman–Crippen MR) is 75.7 cm³/mol. The number of hydrogen-bond acceptors (Lipinski definition) is 3. The van der Waals surface area contributed by atoms with Gasteiger partial charge in [-0.1, -0.05) is 29.8 Å². The molecule has 0 bridgehead atoms. The van der Waals surface area contributed by atoms with Gasteiger partial charge < -0.3 is 10.3 Å². The molecule has 98 valence electrons. The second-order valence-electron chi connectivity index (χ2n) is 5.04. The highest BCUT2D eigenvalue weighted by molar-refractivity contribution is 5.45. The van der Waals surface area contributed by atoms with Crippen LogP contribution in [-0.2, 0) is 12.8 Å². The molecular weight excluding hydrogens is 238 g/mol. The van der Waals surface area contributed by atoms with Crippen LogP contribution in [-0.4, -0.2) is 16.5 Å². The van der Waals surface area contributed by atoms with E-state index < -0.39 is 0 Å². The number of nitrogens with zero attached hydrogens (tertiary/aromatic N) is 1. The van der Waals surface area contributed by atoms with Gasteiger partial charge in [-0.25, -0.2) is 4.98 Å². The van der Waals surface area contributed by atoms with Crippen LogP contribution < -0.4 is 10.9 Å². The molecule has 0 unspecified atom stereocenters. The van der Waals surface area contributed by atoms with Crippen LogP contribution in [0.15, 0.2) is 29.1 Å². The van der Waals surface area contributed by atoms with Crippen molar-refractivity contribution in [1.82, 2.24) is 9.97 Å². The lowest BCUT2D eigenvalue weighted by Gasteiger charge is -2.16. The summed E-state index contributed by atoms with van der Waals surface area (Å²) in [6.07, 6.45) is 2.47. The fraction of sp³-hybridized carbons (Fsp3) is 0.333. The Hall–Kier alpha value is -2.10. The van der Waals surface area contributed by atoms with Gasteiger partial charge in [0.05, 0.1) is 5.56 Å². The van der Waals surface area contributed by atoms with Crippen LogP contribution in [0.1, 0.15) is 28.9 Å². The maximum atomic E-state index is 12.0. The van der Waals surface area contributed by atoms with Crippen LogP contribution in [0.5, 0.6) is 0 Å². The van der Waals surface area contributed by atoms with Crippen LogP contribution >= 0.6 is 0 Å². The molecule has 0 saturated heterocycles. The lowest BCUT2D eigenvalue weighted by molar-refractivity contribution is 0.783. The summed E-state index contributed by atoms with van der Waals surface area (Å²) in [5.74, 6) is 1.49. The molecule has 0 amide bonds. The first-order valence-electron chi connectivity index (χ1n) is 6.64. The Bertz CT molecular complexity index is 661. The van der Waals surface area contributed by atoms with Gasteiger partial charge in [-0.3, -0.25) is 4.79 Å². The largest absolute Gasteiger partial charge is 0.370 e. The van der Waals surface area contributed by atoms with E-state index in [0.29, 0.717) is 6.42 Å². The molecule has 0 saturated carbocycles. The lowest BCUT2D eigenvalue weighted by Crippen LogP contribution is -2.25. The number of benzene rings is 1. The van der Waals surface area contributed by atoms with E-state index in [0.717, 1.165) is 36.6 Å². The first-order chi connectivity index (χ1) is 9.22. The summed E-state index contributed by atoms with van der Waals surface area (Å²) in [4.78, 5) is 19.4. The number of fused-ring (bicyclic) bond motifs is 1. The molecule has 4 nitrogen and oxygen atoms in total. The second-order valence-corrected chi connectivity index (χ2v) is 5.04. The number of anilines is 1. The van der Waals surface area contributed by atoms with Gasteiger partial charge in [-0.15, -0.1) is 0 Å². The quantitative estimate of drug-likeness (QED) is 0.863. The minimum Gasteiger partial charge on any atom is -0.370 e. The summed E-state index contributed by atoms with van der Waals surface area (Å²) in [7, 11) is 0. The van der Waals surface area contributed by atoms with Crippen molar-refractivity contribution in [3.05, 3.63) is 57.1 Å². The SMILES string of the molecule is Cc1cccc(Cc2nc3c(c(=O)[nH]2)CCCN3)c1. The first-order valence-corrected chi connectivity index (χ1v) is 6.64. The smallest absolute Gasteiger partial charge is 0.256 e. The Morgan fingerprint density at radius 1 is 1.37 bits per heavy atom. The van der Waals surface area contributed by atoms with Crippen molar-refractivity contribution in [2.75, 3.05) is 11.9 Å². The molecule has 1 aliphatic heterocycles. The zero-order valence-corrected chi connectivity index (χ0v) is 11.0. The molecule has 0 atom stereocenters. The van der Waals surface area contributed by atoms with E-state index in [2.05, 4.69) is 40.4 Å². The third-order valence-corrected chi connectivity index (χ3v) is 3.41. The van der Waals surface area contributed by atoms with Crippen LogP contribution in [0.3, 0.4) is 0 Å². The Balaban J connectivity index is 1.94. The zero-order valence-electron chi connectivity index (χ0n) is 11.0. The number of aryl methyl sites for hydroxylation is 1. The minimum absolute atomic E-state index is 0.000136. The number of rotatable bonds is 2. The van der Waals surface area contributed by atoms with Crippen molar-refractivity contribution in [2.24, 2.45) is 0 Å². The molecule has 1 aromatic heterocycles. The molecule has 0 aliphatic carbocycles. The van der Waals surface area contributed by atoms with Crippen LogP contribution in [0.4, 0.5) is 5.82 Å². The van der Waals surface area contributed by atoms with E-state index in [-0.39, 0.29) is 5.56 Å². The number of hydrogen-bond donors (Lipinski definition) is 2. The molecule has 19 heavy (non-hydrogen) atoms. The van der Waals surface area contributed by atoms with E-state index in [1.165, 1.54) is 11.1 Å². The molecule has 0 radical (unpaired) electrons. The maximum Gasteiger partial charge on any atom is 0.256 e. The molecule has 4 heteroatoms. The maximum absolute atomic E-state index is 12.0. The molecule has 3 rings (SSSR count).